The maximum absolute atomic E-state index is 12.2. The third kappa shape index (κ3) is 16.4. The monoisotopic (exact) mass is 632 g/mol. The number of unbranched alkanes of at least 4 members (excludes halogenated alkanes) is 13. The van der Waals surface area contributed by atoms with Gasteiger partial charge in [-0.1, -0.05) is 76.9 Å². The van der Waals surface area contributed by atoms with Crippen LogP contribution in [0.4, 0.5) is 11.4 Å². The van der Waals surface area contributed by atoms with E-state index >= 15 is 0 Å². The normalized spacial score (nSPS) is 12.0. The zero-order chi connectivity index (χ0) is 32.5. The smallest absolute Gasteiger partial charge is 0.306 e. The molecular formula is C33H52N4O8. The number of fused-ring (bicyclic) bond motifs is 1. The number of aliphatic hydroxyl groups excluding tert-OH is 1. The van der Waals surface area contributed by atoms with E-state index in [1.165, 1.54) is 57.4 Å². The molecule has 1 heterocycles. The number of hydrogen-bond acceptors (Lipinski definition) is 11. The molecule has 0 aliphatic heterocycles. The van der Waals surface area contributed by atoms with Crippen molar-refractivity contribution in [1.29, 1.82) is 0 Å². The fraction of sp³-hybridized carbons (Fsp3) is 0.697. The van der Waals surface area contributed by atoms with Crippen molar-refractivity contribution in [3.8, 4) is 0 Å². The minimum absolute atomic E-state index is 0.0833. The molecule has 2 aromatic rings. The molecule has 0 bridgehead atoms. The van der Waals surface area contributed by atoms with E-state index in [-0.39, 0.29) is 35.7 Å². The third-order valence-corrected chi connectivity index (χ3v) is 7.54. The molecule has 0 amide bonds. The second kappa shape index (κ2) is 23.8. The van der Waals surface area contributed by atoms with Crippen LogP contribution in [-0.4, -0.2) is 58.1 Å². The second-order valence-corrected chi connectivity index (χ2v) is 11.4. The van der Waals surface area contributed by atoms with Gasteiger partial charge >= 0.3 is 17.6 Å². The predicted molar refractivity (Wildman–Crippen MR) is 173 cm³/mol. The third-order valence-electron chi connectivity index (χ3n) is 7.54. The number of nitro groups is 1. The Morgan fingerprint density at radius 1 is 0.889 bits per heavy atom. The highest BCUT2D eigenvalue weighted by atomic mass is 16.6. The summed E-state index contributed by atoms with van der Waals surface area (Å²) >= 11 is 0. The molecule has 12 heteroatoms. The Bertz CT molecular complexity index is 1150. The molecule has 0 aliphatic rings. The van der Waals surface area contributed by atoms with Crippen LogP contribution in [0.15, 0.2) is 28.9 Å². The number of aromatic nitrogens is 2. The number of hydrogen-bond donors (Lipinski definition) is 2. The number of rotatable bonds is 27. The summed E-state index contributed by atoms with van der Waals surface area (Å²) in [5.41, 5.74) is 0.773. The van der Waals surface area contributed by atoms with Crippen LogP contribution in [0.25, 0.3) is 11.0 Å². The number of esters is 2. The highest BCUT2D eigenvalue weighted by Crippen LogP contribution is 2.28. The molecule has 0 unspecified atom stereocenters. The quantitative estimate of drug-likeness (QED) is 0.0327. The maximum Gasteiger partial charge on any atom is 0.306 e. The van der Waals surface area contributed by atoms with Gasteiger partial charge in [-0.2, -0.15) is 0 Å². The van der Waals surface area contributed by atoms with E-state index in [1.54, 1.807) is 6.07 Å². The SMILES string of the molecule is CCCCCCCC/C=C\CCCCCCCC(=O)OC[C@H](CO)OC(=O)CCCCCNc1ccc([N+](=O)[O-])c2nonc12. The average molecular weight is 633 g/mol. The van der Waals surface area contributed by atoms with Crippen molar-refractivity contribution in [3.05, 3.63) is 34.4 Å². The topological polar surface area (TPSA) is 167 Å². The van der Waals surface area contributed by atoms with E-state index < -0.39 is 23.6 Å². The number of ether oxygens (including phenoxy) is 2. The molecule has 12 nitrogen and oxygen atoms in total. The van der Waals surface area contributed by atoms with Crippen molar-refractivity contribution in [2.75, 3.05) is 25.1 Å². The maximum atomic E-state index is 12.2. The average Bonchev–Trinajstić information content (AvgIpc) is 3.53. The molecule has 252 valence electrons. The van der Waals surface area contributed by atoms with E-state index in [9.17, 15) is 24.8 Å². The zero-order valence-electron chi connectivity index (χ0n) is 26.9. The standard InChI is InChI=1S/C33H52N4O8/c1-2-3-4-5-6-7-8-9-10-11-12-13-14-15-17-20-30(39)43-26-27(25-38)44-31(40)21-18-16-19-24-34-28-22-23-29(37(41)42)33-32(28)35-45-36-33/h9-10,22-23,27,34,38H,2-8,11-21,24-26H2,1H3/b10-9-/t27-/m0/s1. The highest BCUT2D eigenvalue weighted by molar-refractivity contribution is 5.93. The van der Waals surface area contributed by atoms with E-state index in [0.717, 1.165) is 44.9 Å². The Labute approximate surface area is 266 Å². The predicted octanol–water partition coefficient (Wildman–Crippen LogP) is 7.59. The first-order valence-electron chi connectivity index (χ1n) is 16.7. The molecule has 1 aromatic carbocycles. The number of allylic oxidation sites excluding steroid dienone is 2. The van der Waals surface area contributed by atoms with Crippen molar-refractivity contribution in [2.45, 2.75) is 129 Å². The number of nitrogens with zero attached hydrogens (tertiary/aromatic N) is 3. The summed E-state index contributed by atoms with van der Waals surface area (Å²) in [5.74, 6) is -0.803. The molecule has 2 rings (SSSR count). The Morgan fingerprint density at radius 3 is 2.16 bits per heavy atom. The van der Waals surface area contributed by atoms with Crippen LogP contribution in [0, 0.1) is 10.1 Å². The molecule has 0 fully saturated rings. The number of carbonyl (C=O) groups excluding carboxylic acids is 2. The summed E-state index contributed by atoms with van der Waals surface area (Å²) in [6, 6.07) is 2.90. The highest BCUT2D eigenvalue weighted by Gasteiger charge is 2.19. The largest absolute Gasteiger partial charge is 0.462 e. The molecule has 0 saturated carbocycles. The minimum atomic E-state index is -0.877. The summed E-state index contributed by atoms with van der Waals surface area (Å²) in [6.07, 6.45) is 21.7. The molecule has 0 spiro atoms. The molecule has 0 radical (unpaired) electrons. The fourth-order valence-electron chi connectivity index (χ4n) is 4.90. The van der Waals surface area contributed by atoms with Gasteiger partial charge in [0.2, 0.25) is 5.52 Å². The summed E-state index contributed by atoms with van der Waals surface area (Å²) < 4.78 is 15.1. The Hall–Kier alpha value is -3.54. The van der Waals surface area contributed by atoms with Crippen LogP contribution < -0.4 is 5.32 Å². The number of carbonyl (C=O) groups is 2. The molecular weight excluding hydrogens is 580 g/mol. The van der Waals surface area contributed by atoms with E-state index in [1.807, 2.05) is 0 Å². The van der Waals surface area contributed by atoms with Gasteiger partial charge in [0.05, 0.1) is 17.2 Å². The lowest BCUT2D eigenvalue weighted by Gasteiger charge is -2.15. The minimum Gasteiger partial charge on any atom is -0.462 e. The van der Waals surface area contributed by atoms with Crippen LogP contribution in [0.2, 0.25) is 0 Å². The molecule has 45 heavy (non-hydrogen) atoms. The molecule has 1 aromatic heterocycles. The lowest BCUT2D eigenvalue weighted by Crippen LogP contribution is -2.28. The van der Waals surface area contributed by atoms with Crippen LogP contribution >= 0.6 is 0 Å². The first-order chi connectivity index (χ1) is 22.0. The van der Waals surface area contributed by atoms with Gasteiger partial charge in [0.1, 0.15) is 6.61 Å². The first-order valence-corrected chi connectivity index (χ1v) is 16.7. The van der Waals surface area contributed by atoms with Crippen LogP contribution in [-0.2, 0) is 19.1 Å². The first kappa shape index (κ1) is 37.6. The van der Waals surface area contributed by atoms with Crippen molar-refractivity contribution >= 4 is 34.3 Å². The number of benzene rings is 1. The van der Waals surface area contributed by atoms with E-state index in [2.05, 4.69) is 39.3 Å². The van der Waals surface area contributed by atoms with E-state index in [4.69, 9.17) is 9.47 Å². The van der Waals surface area contributed by atoms with Crippen molar-refractivity contribution < 1.29 is 33.7 Å². The number of nitro benzene ring substituents is 1. The van der Waals surface area contributed by atoms with Gasteiger partial charge in [-0.25, -0.2) is 4.63 Å². The van der Waals surface area contributed by atoms with Crippen molar-refractivity contribution in [3.63, 3.8) is 0 Å². The molecule has 0 saturated heterocycles. The molecule has 0 aliphatic carbocycles. The number of aliphatic hydroxyl groups is 1. The molecule has 1 atom stereocenters. The van der Waals surface area contributed by atoms with Crippen LogP contribution in [0.1, 0.15) is 122 Å². The summed E-state index contributed by atoms with van der Waals surface area (Å²) in [7, 11) is 0. The molecule has 2 N–H and O–H groups in total. The van der Waals surface area contributed by atoms with Gasteiger partial charge in [0, 0.05) is 25.5 Å². The summed E-state index contributed by atoms with van der Waals surface area (Å²) in [4.78, 5) is 34.8. The van der Waals surface area contributed by atoms with Gasteiger partial charge in [-0.3, -0.25) is 19.7 Å². The Balaban J connectivity index is 1.44. The second-order valence-electron chi connectivity index (χ2n) is 11.4. The number of nitrogens with one attached hydrogen (secondary N) is 1. The zero-order valence-corrected chi connectivity index (χ0v) is 26.9. The Kier molecular flexibility index (Phi) is 19.9. The Morgan fingerprint density at radius 2 is 1.49 bits per heavy atom. The van der Waals surface area contributed by atoms with E-state index in [0.29, 0.717) is 25.1 Å². The van der Waals surface area contributed by atoms with Gasteiger partial charge in [0.25, 0.3) is 0 Å². The number of anilines is 1. The van der Waals surface area contributed by atoms with Gasteiger partial charge in [-0.05, 0) is 61.3 Å². The van der Waals surface area contributed by atoms with Crippen LogP contribution in [0.5, 0.6) is 0 Å². The summed E-state index contributed by atoms with van der Waals surface area (Å²) in [6.45, 7) is 2.22. The van der Waals surface area contributed by atoms with Crippen molar-refractivity contribution in [1.82, 2.24) is 10.3 Å². The van der Waals surface area contributed by atoms with Gasteiger partial charge in [-0.15, -0.1) is 0 Å². The van der Waals surface area contributed by atoms with Gasteiger partial charge < -0.3 is 19.9 Å². The number of non-ortho nitro benzene ring substituents is 1. The fourth-order valence-corrected chi connectivity index (χ4v) is 4.90. The lowest BCUT2D eigenvalue weighted by atomic mass is 10.1. The lowest BCUT2D eigenvalue weighted by molar-refractivity contribution is -0.383. The van der Waals surface area contributed by atoms with Crippen molar-refractivity contribution in [2.24, 2.45) is 0 Å². The van der Waals surface area contributed by atoms with Gasteiger partial charge in [0.15, 0.2) is 11.6 Å². The van der Waals surface area contributed by atoms with Crippen LogP contribution in [0.3, 0.4) is 0 Å². The summed E-state index contributed by atoms with van der Waals surface area (Å²) in [5, 5.41) is 31.1.